The minimum atomic E-state index is -0.326. The van der Waals surface area contributed by atoms with Crippen molar-refractivity contribution < 1.29 is 4.79 Å². The molecule has 0 spiro atoms. The number of hydrogen-bond acceptors (Lipinski definition) is 1. The molecule has 0 fully saturated rings. The third kappa shape index (κ3) is 3.54. The molecule has 0 radical (unpaired) electrons. The van der Waals surface area contributed by atoms with E-state index in [0.29, 0.717) is 0 Å². The minimum absolute atomic E-state index is 0.0145. The summed E-state index contributed by atoms with van der Waals surface area (Å²) in [6.45, 7) is 4.07. The molecule has 3 rings (SSSR count). The smallest absolute Gasteiger partial charge is 0.236 e. The van der Waals surface area contributed by atoms with E-state index in [1.807, 2.05) is 79.7 Å². The monoisotopic (exact) mass is 315 g/mol. The van der Waals surface area contributed by atoms with Crippen molar-refractivity contribution in [1.29, 1.82) is 0 Å². The van der Waals surface area contributed by atoms with E-state index < -0.39 is 0 Å². The van der Waals surface area contributed by atoms with Gasteiger partial charge in [-0.2, -0.15) is 0 Å². The van der Waals surface area contributed by atoms with Gasteiger partial charge in [0, 0.05) is 5.69 Å². The van der Waals surface area contributed by atoms with Gasteiger partial charge in [0.25, 0.3) is 0 Å². The maximum absolute atomic E-state index is 13.0. The molecule has 0 bridgehead atoms. The standard InChI is InChI=1S/C22H21NO/c1-16-13-14-20(17(2)15-16)23-22(24)21(18-9-5-3-6-10-18)19-11-7-4-8-12-19/h3-15,21H,1-2H3,(H,23,24). The largest absolute Gasteiger partial charge is 0.325 e. The molecule has 3 aromatic carbocycles. The molecule has 1 N–H and O–H groups in total. The summed E-state index contributed by atoms with van der Waals surface area (Å²) >= 11 is 0. The molecule has 0 aliphatic rings. The Labute approximate surface area is 143 Å². The number of amides is 1. The molecular weight excluding hydrogens is 294 g/mol. The predicted octanol–water partition coefficient (Wildman–Crippen LogP) is 5.07. The van der Waals surface area contributed by atoms with Crippen LogP contribution < -0.4 is 5.32 Å². The first-order chi connectivity index (χ1) is 11.6. The summed E-state index contributed by atoms with van der Waals surface area (Å²) in [5, 5.41) is 3.10. The molecule has 0 atom stereocenters. The van der Waals surface area contributed by atoms with E-state index in [9.17, 15) is 4.79 Å². The quantitative estimate of drug-likeness (QED) is 0.715. The van der Waals surface area contributed by atoms with Crippen LogP contribution in [0.3, 0.4) is 0 Å². The van der Waals surface area contributed by atoms with Crippen LogP contribution in [0.4, 0.5) is 5.69 Å². The molecule has 1 amide bonds. The molecule has 24 heavy (non-hydrogen) atoms. The Morgan fingerprint density at radius 1 is 0.792 bits per heavy atom. The highest BCUT2D eigenvalue weighted by Gasteiger charge is 2.22. The van der Waals surface area contributed by atoms with Crippen molar-refractivity contribution >= 4 is 11.6 Å². The van der Waals surface area contributed by atoms with E-state index in [4.69, 9.17) is 0 Å². The lowest BCUT2D eigenvalue weighted by Gasteiger charge is -2.19. The highest BCUT2D eigenvalue weighted by Crippen LogP contribution is 2.27. The van der Waals surface area contributed by atoms with Crippen LogP contribution in [-0.4, -0.2) is 5.91 Å². The average Bonchev–Trinajstić information content (AvgIpc) is 2.60. The molecule has 3 aromatic rings. The average molecular weight is 315 g/mol. The van der Waals surface area contributed by atoms with Gasteiger partial charge >= 0.3 is 0 Å². The van der Waals surface area contributed by atoms with Gasteiger partial charge in [-0.1, -0.05) is 78.4 Å². The molecule has 0 saturated carbocycles. The first-order valence-corrected chi connectivity index (χ1v) is 8.13. The van der Waals surface area contributed by atoms with Crippen molar-refractivity contribution in [3.05, 3.63) is 101 Å². The van der Waals surface area contributed by atoms with Gasteiger partial charge in [0.15, 0.2) is 0 Å². The van der Waals surface area contributed by atoms with Crippen LogP contribution in [0, 0.1) is 13.8 Å². The maximum atomic E-state index is 13.0. The number of carbonyl (C=O) groups excluding carboxylic acids is 1. The van der Waals surface area contributed by atoms with Gasteiger partial charge in [-0.15, -0.1) is 0 Å². The number of aryl methyl sites for hydroxylation is 2. The van der Waals surface area contributed by atoms with Gasteiger partial charge in [0.1, 0.15) is 0 Å². The lowest BCUT2D eigenvalue weighted by Crippen LogP contribution is -2.22. The lowest BCUT2D eigenvalue weighted by molar-refractivity contribution is -0.116. The summed E-state index contributed by atoms with van der Waals surface area (Å²) < 4.78 is 0. The number of carbonyl (C=O) groups is 1. The van der Waals surface area contributed by atoms with Crippen molar-refractivity contribution in [3.8, 4) is 0 Å². The summed E-state index contributed by atoms with van der Waals surface area (Å²) in [5.74, 6) is -0.340. The molecular formula is C22H21NO. The Hall–Kier alpha value is -2.87. The van der Waals surface area contributed by atoms with Gasteiger partial charge in [0.05, 0.1) is 5.92 Å². The van der Waals surface area contributed by atoms with Gasteiger partial charge in [-0.3, -0.25) is 4.79 Å². The van der Waals surface area contributed by atoms with Crippen LogP contribution in [0.2, 0.25) is 0 Å². The van der Waals surface area contributed by atoms with E-state index in [-0.39, 0.29) is 11.8 Å². The second-order valence-corrected chi connectivity index (χ2v) is 6.06. The highest BCUT2D eigenvalue weighted by molar-refractivity contribution is 5.98. The van der Waals surface area contributed by atoms with Gasteiger partial charge in [0.2, 0.25) is 5.91 Å². The minimum Gasteiger partial charge on any atom is -0.325 e. The molecule has 0 heterocycles. The predicted molar refractivity (Wildman–Crippen MR) is 99.3 cm³/mol. The van der Waals surface area contributed by atoms with Crippen LogP contribution in [0.1, 0.15) is 28.2 Å². The van der Waals surface area contributed by atoms with Gasteiger partial charge < -0.3 is 5.32 Å². The van der Waals surface area contributed by atoms with Gasteiger partial charge in [-0.25, -0.2) is 0 Å². The Bertz CT molecular complexity index is 786. The number of hydrogen-bond donors (Lipinski definition) is 1. The molecule has 0 aromatic heterocycles. The molecule has 0 aliphatic carbocycles. The number of nitrogens with one attached hydrogen (secondary N) is 1. The fraction of sp³-hybridized carbons (Fsp3) is 0.136. The van der Waals surface area contributed by atoms with Crippen LogP contribution in [0.25, 0.3) is 0 Å². The van der Waals surface area contributed by atoms with Crippen LogP contribution in [0.5, 0.6) is 0 Å². The van der Waals surface area contributed by atoms with Crippen LogP contribution in [0.15, 0.2) is 78.9 Å². The van der Waals surface area contributed by atoms with E-state index in [1.54, 1.807) is 0 Å². The number of benzene rings is 3. The summed E-state index contributed by atoms with van der Waals surface area (Å²) in [7, 11) is 0. The SMILES string of the molecule is Cc1ccc(NC(=O)C(c2ccccc2)c2ccccc2)c(C)c1. The molecule has 0 unspecified atom stereocenters. The fourth-order valence-corrected chi connectivity index (χ4v) is 2.94. The molecule has 0 aliphatic heterocycles. The summed E-state index contributed by atoms with van der Waals surface area (Å²) in [6, 6.07) is 25.9. The third-order valence-electron chi connectivity index (χ3n) is 4.17. The Balaban J connectivity index is 1.95. The van der Waals surface area contributed by atoms with E-state index >= 15 is 0 Å². The number of rotatable bonds is 4. The third-order valence-corrected chi connectivity index (χ3v) is 4.17. The van der Waals surface area contributed by atoms with E-state index in [2.05, 4.69) is 18.3 Å². The van der Waals surface area contributed by atoms with E-state index in [1.165, 1.54) is 5.56 Å². The molecule has 0 saturated heterocycles. The van der Waals surface area contributed by atoms with Crippen molar-refractivity contribution in [1.82, 2.24) is 0 Å². The Morgan fingerprint density at radius 2 is 1.33 bits per heavy atom. The van der Waals surface area contributed by atoms with Crippen LogP contribution >= 0.6 is 0 Å². The second kappa shape index (κ2) is 7.14. The highest BCUT2D eigenvalue weighted by atomic mass is 16.1. The summed E-state index contributed by atoms with van der Waals surface area (Å²) in [6.07, 6.45) is 0. The summed E-state index contributed by atoms with van der Waals surface area (Å²) in [4.78, 5) is 13.0. The van der Waals surface area contributed by atoms with Crippen molar-refractivity contribution in [2.45, 2.75) is 19.8 Å². The van der Waals surface area contributed by atoms with Gasteiger partial charge in [-0.05, 0) is 36.6 Å². The fourth-order valence-electron chi connectivity index (χ4n) is 2.94. The summed E-state index contributed by atoms with van der Waals surface area (Å²) in [5.41, 5.74) is 5.11. The normalized spacial score (nSPS) is 10.6. The second-order valence-electron chi connectivity index (χ2n) is 6.06. The first kappa shape index (κ1) is 16.0. The Morgan fingerprint density at radius 3 is 1.83 bits per heavy atom. The first-order valence-electron chi connectivity index (χ1n) is 8.13. The number of anilines is 1. The van der Waals surface area contributed by atoms with E-state index in [0.717, 1.165) is 22.4 Å². The van der Waals surface area contributed by atoms with Crippen molar-refractivity contribution in [2.24, 2.45) is 0 Å². The zero-order valence-corrected chi connectivity index (χ0v) is 14.0. The Kier molecular flexibility index (Phi) is 4.76. The molecule has 120 valence electrons. The zero-order chi connectivity index (χ0) is 16.9. The maximum Gasteiger partial charge on any atom is 0.236 e. The molecule has 2 nitrogen and oxygen atoms in total. The molecule has 2 heteroatoms. The van der Waals surface area contributed by atoms with Crippen molar-refractivity contribution in [3.63, 3.8) is 0 Å². The van der Waals surface area contributed by atoms with Crippen LogP contribution in [-0.2, 0) is 4.79 Å². The lowest BCUT2D eigenvalue weighted by atomic mass is 9.90. The zero-order valence-electron chi connectivity index (χ0n) is 14.0. The van der Waals surface area contributed by atoms with Crippen molar-refractivity contribution in [2.75, 3.05) is 5.32 Å². The topological polar surface area (TPSA) is 29.1 Å².